The fourth-order valence-corrected chi connectivity index (χ4v) is 2.24. The van der Waals surface area contributed by atoms with Crippen molar-refractivity contribution in [1.29, 1.82) is 0 Å². The quantitative estimate of drug-likeness (QED) is 0.797. The Hall–Kier alpha value is -2.58. The van der Waals surface area contributed by atoms with Crippen molar-refractivity contribution >= 4 is 16.9 Å². The lowest BCUT2D eigenvalue weighted by molar-refractivity contribution is -0.147. The highest BCUT2D eigenvalue weighted by Gasteiger charge is 2.43. The summed E-state index contributed by atoms with van der Waals surface area (Å²) in [6.07, 6.45) is -1.41. The summed E-state index contributed by atoms with van der Waals surface area (Å²) in [7, 11) is 1.67. The summed E-state index contributed by atoms with van der Waals surface area (Å²) < 4.78 is 46.5. The van der Waals surface area contributed by atoms with Gasteiger partial charge in [0.05, 0.1) is 17.8 Å². The summed E-state index contributed by atoms with van der Waals surface area (Å²) in [5.74, 6) is 0.286. The Bertz CT molecular complexity index is 810. The van der Waals surface area contributed by atoms with Crippen molar-refractivity contribution in [2.45, 2.75) is 25.6 Å². The molecule has 0 aromatic carbocycles. The maximum Gasteiger partial charge on any atom is 0.415 e. The van der Waals surface area contributed by atoms with Crippen molar-refractivity contribution in [2.75, 3.05) is 5.32 Å². The Labute approximate surface area is 129 Å². The Morgan fingerprint density at radius 3 is 2.74 bits per heavy atom. The average Bonchev–Trinajstić information content (AvgIpc) is 3.13. The second-order valence-electron chi connectivity index (χ2n) is 4.98. The SMILES string of the molecule is CCc1nc(NC(c2ccco2)C(F)(F)F)c2cnn(C)c2n1. The van der Waals surface area contributed by atoms with Gasteiger partial charge in [-0.1, -0.05) is 6.92 Å². The first-order chi connectivity index (χ1) is 10.9. The van der Waals surface area contributed by atoms with Crippen LogP contribution in [0.2, 0.25) is 0 Å². The van der Waals surface area contributed by atoms with Crippen LogP contribution in [0.5, 0.6) is 0 Å². The number of nitrogens with one attached hydrogen (secondary N) is 1. The molecule has 0 saturated carbocycles. The summed E-state index contributed by atoms with van der Waals surface area (Å²) in [5, 5.41) is 6.88. The van der Waals surface area contributed by atoms with Gasteiger partial charge in [-0.25, -0.2) is 9.97 Å². The van der Waals surface area contributed by atoms with Gasteiger partial charge in [-0.3, -0.25) is 4.68 Å². The number of hydrogen-bond acceptors (Lipinski definition) is 5. The van der Waals surface area contributed by atoms with Crippen LogP contribution in [0.3, 0.4) is 0 Å². The van der Waals surface area contributed by atoms with E-state index >= 15 is 0 Å². The highest BCUT2D eigenvalue weighted by molar-refractivity contribution is 5.86. The van der Waals surface area contributed by atoms with Gasteiger partial charge in [0.2, 0.25) is 0 Å². The topological polar surface area (TPSA) is 68.8 Å². The van der Waals surface area contributed by atoms with Crippen LogP contribution < -0.4 is 5.32 Å². The van der Waals surface area contributed by atoms with Gasteiger partial charge in [-0.2, -0.15) is 18.3 Å². The molecule has 1 atom stereocenters. The van der Waals surface area contributed by atoms with Crippen LogP contribution in [-0.2, 0) is 13.5 Å². The van der Waals surface area contributed by atoms with E-state index in [1.165, 1.54) is 29.3 Å². The van der Waals surface area contributed by atoms with E-state index in [4.69, 9.17) is 4.42 Å². The first-order valence-corrected chi connectivity index (χ1v) is 6.95. The molecule has 6 nitrogen and oxygen atoms in total. The minimum absolute atomic E-state index is 0.0821. The molecular weight excluding hydrogens is 311 g/mol. The van der Waals surface area contributed by atoms with Crippen molar-refractivity contribution < 1.29 is 17.6 Å². The molecule has 9 heteroatoms. The zero-order chi connectivity index (χ0) is 16.6. The summed E-state index contributed by atoms with van der Waals surface area (Å²) in [6.45, 7) is 1.83. The molecular formula is C14H14F3N5O. The van der Waals surface area contributed by atoms with Gasteiger partial charge >= 0.3 is 6.18 Å². The van der Waals surface area contributed by atoms with Gasteiger partial charge in [0.25, 0.3) is 0 Å². The highest BCUT2D eigenvalue weighted by Crippen LogP contribution is 2.36. The lowest BCUT2D eigenvalue weighted by Crippen LogP contribution is -2.28. The largest absolute Gasteiger partial charge is 0.467 e. The molecule has 3 aromatic heterocycles. The molecule has 0 aliphatic rings. The van der Waals surface area contributed by atoms with Crippen LogP contribution in [0.25, 0.3) is 11.0 Å². The maximum atomic E-state index is 13.4. The Morgan fingerprint density at radius 2 is 2.13 bits per heavy atom. The summed E-state index contributed by atoms with van der Waals surface area (Å²) in [5.41, 5.74) is 0.472. The fraction of sp³-hybridized carbons (Fsp3) is 0.357. The molecule has 3 aromatic rings. The lowest BCUT2D eigenvalue weighted by atomic mass is 10.2. The minimum Gasteiger partial charge on any atom is -0.467 e. The van der Waals surface area contributed by atoms with Gasteiger partial charge in [-0.15, -0.1) is 0 Å². The predicted molar refractivity (Wildman–Crippen MR) is 76.8 cm³/mol. The Kier molecular flexibility index (Phi) is 3.70. The Balaban J connectivity index is 2.08. The van der Waals surface area contributed by atoms with E-state index in [0.717, 1.165) is 0 Å². The van der Waals surface area contributed by atoms with E-state index in [-0.39, 0.29) is 11.6 Å². The standard InChI is InChI=1S/C14H14F3N5O/c1-3-10-19-12(8-7-18-22(2)13(8)20-10)21-11(14(15,16)17)9-5-4-6-23-9/h4-7,11H,3H2,1-2H3,(H,19,20,21). The van der Waals surface area contributed by atoms with E-state index in [1.54, 1.807) is 7.05 Å². The van der Waals surface area contributed by atoms with Gasteiger partial charge in [0, 0.05) is 13.5 Å². The van der Waals surface area contributed by atoms with Crippen LogP contribution in [-0.4, -0.2) is 25.9 Å². The molecule has 3 rings (SSSR count). The number of aryl methyl sites for hydroxylation is 2. The molecule has 1 N–H and O–H groups in total. The minimum atomic E-state index is -4.54. The number of furan rings is 1. The maximum absolute atomic E-state index is 13.4. The van der Waals surface area contributed by atoms with Crippen LogP contribution in [0.1, 0.15) is 24.6 Å². The van der Waals surface area contributed by atoms with Gasteiger partial charge < -0.3 is 9.73 Å². The van der Waals surface area contributed by atoms with Crippen LogP contribution >= 0.6 is 0 Å². The van der Waals surface area contributed by atoms with E-state index < -0.39 is 12.2 Å². The molecule has 0 spiro atoms. The van der Waals surface area contributed by atoms with Crippen LogP contribution in [0, 0.1) is 0 Å². The molecule has 0 aliphatic heterocycles. The molecule has 1 unspecified atom stereocenters. The molecule has 23 heavy (non-hydrogen) atoms. The number of anilines is 1. The lowest BCUT2D eigenvalue weighted by Gasteiger charge is -2.20. The third-order valence-electron chi connectivity index (χ3n) is 3.39. The smallest absolute Gasteiger partial charge is 0.415 e. The van der Waals surface area contributed by atoms with Gasteiger partial charge in [0.15, 0.2) is 11.7 Å². The van der Waals surface area contributed by atoms with E-state index in [9.17, 15) is 13.2 Å². The first kappa shape index (κ1) is 15.3. The molecule has 3 heterocycles. The number of alkyl halides is 3. The van der Waals surface area contributed by atoms with Crippen molar-refractivity contribution in [1.82, 2.24) is 19.7 Å². The zero-order valence-corrected chi connectivity index (χ0v) is 12.4. The monoisotopic (exact) mass is 325 g/mol. The van der Waals surface area contributed by atoms with Gasteiger partial charge in [0.1, 0.15) is 17.4 Å². The third-order valence-corrected chi connectivity index (χ3v) is 3.39. The zero-order valence-electron chi connectivity index (χ0n) is 12.4. The number of hydrogen-bond donors (Lipinski definition) is 1. The van der Waals surface area contributed by atoms with Gasteiger partial charge in [-0.05, 0) is 12.1 Å². The average molecular weight is 325 g/mol. The van der Waals surface area contributed by atoms with Crippen molar-refractivity contribution in [3.8, 4) is 0 Å². The van der Waals surface area contributed by atoms with Crippen molar-refractivity contribution in [2.24, 2.45) is 7.05 Å². The molecule has 0 radical (unpaired) electrons. The van der Waals surface area contributed by atoms with Crippen LogP contribution in [0.4, 0.5) is 19.0 Å². The van der Waals surface area contributed by atoms with Crippen LogP contribution in [0.15, 0.2) is 29.0 Å². The second-order valence-corrected chi connectivity index (χ2v) is 4.98. The number of nitrogens with zero attached hydrogens (tertiary/aromatic N) is 4. The predicted octanol–water partition coefficient (Wildman–Crippen LogP) is 3.23. The summed E-state index contributed by atoms with van der Waals surface area (Å²) >= 11 is 0. The second kappa shape index (κ2) is 5.56. The van der Waals surface area contributed by atoms with E-state index in [2.05, 4.69) is 20.4 Å². The third kappa shape index (κ3) is 2.86. The van der Waals surface area contributed by atoms with E-state index in [1.807, 2.05) is 6.92 Å². The fourth-order valence-electron chi connectivity index (χ4n) is 2.24. The summed E-state index contributed by atoms with van der Waals surface area (Å²) in [6, 6.07) is 0.681. The molecule has 0 fully saturated rings. The molecule has 0 saturated heterocycles. The number of fused-ring (bicyclic) bond motifs is 1. The van der Waals surface area contributed by atoms with E-state index in [0.29, 0.717) is 23.3 Å². The first-order valence-electron chi connectivity index (χ1n) is 6.95. The molecule has 0 aliphatic carbocycles. The highest BCUT2D eigenvalue weighted by atomic mass is 19.4. The number of halogens is 3. The summed E-state index contributed by atoms with van der Waals surface area (Å²) in [4.78, 5) is 8.47. The van der Waals surface area contributed by atoms with Crippen molar-refractivity contribution in [3.63, 3.8) is 0 Å². The Morgan fingerprint density at radius 1 is 1.35 bits per heavy atom. The molecule has 0 bridgehead atoms. The molecule has 0 amide bonds. The number of rotatable bonds is 4. The molecule has 122 valence electrons. The number of aromatic nitrogens is 4. The normalized spacial score (nSPS) is 13.4. The van der Waals surface area contributed by atoms with Crippen molar-refractivity contribution in [3.05, 3.63) is 36.2 Å².